The number of benzene rings is 3. The predicted octanol–water partition coefficient (Wildman–Crippen LogP) is 6.93. The Kier molecular flexibility index (Phi) is 5.42. The third-order valence-corrected chi connectivity index (χ3v) is 5.08. The average Bonchev–Trinajstić information content (AvgIpc) is 2.73. The number of pyridine rings is 1. The summed E-state index contributed by atoms with van der Waals surface area (Å²) in [5.41, 5.74) is 2.86. The van der Waals surface area contributed by atoms with E-state index in [1.54, 1.807) is 18.2 Å². The Bertz CT molecular complexity index is 1330. The van der Waals surface area contributed by atoms with Gasteiger partial charge in [-0.25, -0.2) is 9.37 Å². The van der Waals surface area contributed by atoms with Gasteiger partial charge in [0.1, 0.15) is 5.82 Å². The molecule has 4 aromatic rings. The molecule has 0 spiro atoms. The van der Waals surface area contributed by atoms with Gasteiger partial charge >= 0.3 is 6.18 Å². The van der Waals surface area contributed by atoms with Crippen molar-refractivity contribution < 1.29 is 22.4 Å². The van der Waals surface area contributed by atoms with Gasteiger partial charge in [0.25, 0.3) is 5.91 Å². The van der Waals surface area contributed by atoms with E-state index in [4.69, 9.17) is 0 Å². The summed E-state index contributed by atoms with van der Waals surface area (Å²) in [6.45, 7) is 3.75. The molecule has 0 atom stereocenters. The minimum absolute atomic E-state index is 0.0301. The number of hydrogen-bond acceptors (Lipinski definition) is 2. The van der Waals surface area contributed by atoms with Crippen molar-refractivity contribution >= 4 is 22.5 Å². The van der Waals surface area contributed by atoms with E-state index in [0.717, 1.165) is 23.3 Å². The van der Waals surface area contributed by atoms with Crippen LogP contribution in [0.25, 0.3) is 22.2 Å². The first-order valence-corrected chi connectivity index (χ1v) is 9.78. The molecule has 0 saturated heterocycles. The molecule has 0 saturated carbocycles. The Morgan fingerprint density at radius 2 is 1.66 bits per heavy atom. The molecule has 1 heterocycles. The maximum absolute atomic E-state index is 13.4. The average molecular weight is 438 g/mol. The van der Waals surface area contributed by atoms with Crippen LogP contribution in [0.3, 0.4) is 0 Å². The molecule has 4 rings (SSSR count). The fourth-order valence-corrected chi connectivity index (χ4v) is 3.61. The van der Waals surface area contributed by atoms with Crippen molar-refractivity contribution in [3.63, 3.8) is 0 Å². The summed E-state index contributed by atoms with van der Waals surface area (Å²) in [7, 11) is 0. The largest absolute Gasteiger partial charge is 0.416 e. The fraction of sp³-hybridized carbons (Fsp3) is 0.120. The molecule has 162 valence electrons. The first-order valence-electron chi connectivity index (χ1n) is 9.78. The van der Waals surface area contributed by atoms with Gasteiger partial charge in [-0.15, -0.1) is 0 Å². The van der Waals surface area contributed by atoms with Gasteiger partial charge in [-0.05, 0) is 74.0 Å². The molecule has 1 N–H and O–H groups in total. The van der Waals surface area contributed by atoms with E-state index in [0.29, 0.717) is 22.2 Å². The van der Waals surface area contributed by atoms with Crippen molar-refractivity contribution in [2.24, 2.45) is 0 Å². The number of fused-ring (bicyclic) bond motifs is 1. The van der Waals surface area contributed by atoms with Gasteiger partial charge in [-0.3, -0.25) is 4.79 Å². The summed E-state index contributed by atoms with van der Waals surface area (Å²) in [6, 6.07) is 15.5. The molecule has 0 aliphatic heterocycles. The zero-order chi connectivity index (χ0) is 23.0. The number of alkyl halides is 3. The SMILES string of the molecule is Cc1cc(C)c2nc(-c3ccc(F)cc3)cc(C(=O)Nc3cccc(C(F)(F)F)c3)c2c1. The van der Waals surface area contributed by atoms with Crippen LogP contribution < -0.4 is 5.32 Å². The van der Waals surface area contributed by atoms with Gasteiger partial charge in [-0.1, -0.05) is 17.7 Å². The van der Waals surface area contributed by atoms with E-state index in [1.807, 2.05) is 26.0 Å². The van der Waals surface area contributed by atoms with Crippen LogP contribution in [-0.2, 0) is 6.18 Å². The molecule has 0 aliphatic carbocycles. The summed E-state index contributed by atoms with van der Waals surface area (Å²) in [5.74, 6) is -0.964. The Labute approximate surface area is 181 Å². The molecule has 1 aromatic heterocycles. The van der Waals surface area contributed by atoms with Crippen LogP contribution in [0.15, 0.2) is 66.7 Å². The molecule has 0 unspecified atom stereocenters. The quantitative estimate of drug-likeness (QED) is 0.353. The van der Waals surface area contributed by atoms with Gasteiger partial charge in [0.05, 0.1) is 22.3 Å². The van der Waals surface area contributed by atoms with Crippen molar-refractivity contribution in [2.75, 3.05) is 5.32 Å². The Hall–Kier alpha value is -3.74. The number of aryl methyl sites for hydroxylation is 2. The lowest BCUT2D eigenvalue weighted by Gasteiger charge is -2.14. The number of amides is 1. The topological polar surface area (TPSA) is 42.0 Å². The highest BCUT2D eigenvalue weighted by Gasteiger charge is 2.30. The lowest BCUT2D eigenvalue weighted by Crippen LogP contribution is -2.14. The Balaban J connectivity index is 1.83. The molecule has 7 heteroatoms. The predicted molar refractivity (Wildman–Crippen MR) is 116 cm³/mol. The van der Waals surface area contributed by atoms with Crippen molar-refractivity contribution in [3.8, 4) is 11.3 Å². The highest BCUT2D eigenvalue weighted by Crippen LogP contribution is 2.32. The van der Waals surface area contributed by atoms with Gasteiger partial charge in [0.15, 0.2) is 0 Å². The Morgan fingerprint density at radius 1 is 0.938 bits per heavy atom. The summed E-state index contributed by atoms with van der Waals surface area (Å²) < 4.78 is 52.5. The van der Waals surface area contributed by atoms with Crippen molar-refractivity contribution in [1.82, 2.24) is 4.98 Å². The number of aromatic nitrogens is 1. The van der Waals surface area contributed by atoms with E-state index in [2.05, 4.69) is 10.3 Å². The van der Waals surface area contributed by atoms with Gasteiger partial charge in [-0.2, -0.15) is 13.2 Å². The van der Waals surface area contributed by atoms with Crippen LogP contribution in [0.2, 0.25) is 0 Å². The van der Waals surface area contributed by atoms with Crippen LogP contribution in [0, 0.1) is 19.7 Å². The minimum atomic E-state index is -4.52. The van der Waals surface area contributed by atoms with E-state index in [-0.39, 0.29) is 11.3 Å². The van der Waals surface area contributed by atoms with Crippen molar-refractivity contribution in [1.29, 1.82) is 0 Å². The number of carbonyl (C=O) groups is 1. The van der Waals surface area contributed by atoms with Crippen LogP contribution >= 0.6 is 0 Å². The molecule has 32 heavy (non-hydrogen) atoms. The van der Waals surface area contributed by atoms with E-state index < -0.39 is 23.5 Å². The molecular weight excluding hydrogens is 420 g/mol. The highest BCUT2D eigenvalue weighted by molar-refractivity contribution is 6.13. The summed E-state index contributed by atoms with van der Waals surface area (Å²) in [5, 5.41) is 3.14. The third kappa shape index (κ3) is 4.32. The van der Waals surface area contributed by atoms with Gasteiger partial charge < -0.3 is 5.32 Å². The van der Waals surface area contributed by atoms with Crippen LogP contribution in [0.1, 0.15) is 27.0 Å². The number of anilines is 1. The summed E-state index contributed by atoms with van der Waals surface area (Å²) >= 11 is 0. The standard InChI is InChI=1S/C25H18F4N2O/c1-14-10-15(2)23-20(11-14)21(13-22(31-23)16-6-8-18(26)9-7-16)24(32)30-19-5-3-4-17(12-19)25(27,28)29/h3-13H,1-2H3,(H,30,32). The van der Waals surface area contributed by atoms with Gasteiger partial charge in [0.2, 0.25) is 0 Å². The maximum Gasteiger partial charge on any atom is 0.416 e. The number of nitrogens with one attached hydrogen (secondary N) is 1. The molecular formula is C25H18F4N2O. The third-order valence-electron chi connectivity index (χ3n) is 5.08. The number of hydrogen-bond donors (Lipinski definition) is 1. The highest BCUT2D eigenvalue weighted by atomic mass is 19.4. The maximum atomic E-state index is 13.4. The minimum Gasteiger partial charge on any atom is -0.322 e. The second-order valence-electron chi connectivity index (χ2n) is 7.57. The zero-order valence-electron chi connectivity index (χ0n) is 17.2. The molecule has 3 aromatic carbocycles. The van der Waals surface area contributed by atoms with E-state index in [9.17, 15) is 22.4 Å². The fourth-order valence-electron chi connectivity index (χ4n) is 3.61. The van der Waals surface area contributed by atoms with Crippen LogP contribution in [0.4, 0.5) is 23.2 Å². The lowest BCUT2D eigenvalue weighted by molar-refractivity contribution is -0.137. The lowest BCUT2D eigenvalue weighted by atomic mass is 9.99. The van der Waals surface area contributed by atoms with E-state index >= 15 is 0 Å². The Morgan fingerprint density at radius 3 is 2.34 bits per heavy atom. The van der Waals surface area contributed by atoms with Gasteiger partial charge in [0, 0.05) is 16.6 Å². The molecule has 3 nitrogen and oxygen atoms in total. The second kappa shape index (κ2) is 8.07. The van der Waals surface area contributed by atoms with Crippen molar-refractivity contribution in [2.45, 2.75) is 20.0 Å². The first kappa shape index (κ1) is 21.5. The molecule has 0 aliphatic rings. The monoisotopic (exact) mass is 438 g/mol. The number of rotatable bonds is 3. The zero-order valence-corrected chi connectivity index (χ0v) is 17.2. The second-order valence-corrected chi connectivity index (χ2v) is 7.57. The van der Waals surface area contributed by atoms with Crippen molar-refractivity contribution in [3.05, 3.63) is 94.8 Å². The summed E-state index contributed by atoms with van der Waals surface area (Å²) in [4.78, 5) is 17.8. The molecule has 0 fully saturated rings. The number of carbonyl (C=O) groups excluding carboxylic acids is 1. The smallest absolute Gasteiger partial charge is 0.322 e. The van der Waals surface area contributed by atoms with Crippen LogP contribution in [0.5, 0.6) is 0 Å². The first-order chi connectivity index (χ1) is 15.1. The molecule has 0 bridgehead atoms. The summed E-state index contributed by atoms with van der Waals surface area (Å²) in [6.07, 6.45) is -4.52. The van der Waals surface area contributed by atoms with Crippen LogP contribution in [-0.4, -0.2) is 10.9 Å². The number of halogens is 4. The normalized spacial score (nSPS) is 11.6. The molecule has 0 radical (unpaired) electrons. The van der Waals surface area contributed by atoms with E-state index in [1.165, 1.54) is 24.3 Å². The molecule has 1 amide bonds. The number of nitrogens with zero attached hydrogens (tertiary/aromatic N) is 1.